The number of carbonyl (C=O) groups is 2. The minimum Gasteiger partial charge on any atom is -0.494 e. The largest absolute Gasteiger partial charge is 0.494 e. The molecule has 0 aliphatic carbocycles. The molecule has 0 aromatic heterocycles. The number of halogens is 1. The first-order valence-corrected chi connectivity index (χ1v) is 8.43. The van der Waals surface area contributed by atoms with Crippen molar-refractivity contribution in [2.24, 2.45) is 0 Å². The zero-order valence-corrected chi connectivity index (χ0v) is 15.3. The van der Waals surface area contributed by atoms with E-state index in [0.29, 0.717) is 28.8 Å². The predicted molar refractivity (Wildman–Crippen MR) is 98.9 cm³/mol. The van der Waals surface area contributed by atoms with E-state index in [4.69, 9.17) is 25.8 Å². The molecule has 0 aliphatic heterocycles. The first-order valence-electron chi connectivity index (χ1n) is 8.05. The van der Waals surface area contributed by atoms with Gasteiger partial charge in [0.2, 0.25) is 0 Å². The first-order chi connectivity index (χ1) is 12.5. The normalized spacial score (nSPS) is 10.1. The molecule has 6 nitrogen and oxygen atoms in total. The Kier molecular flexibility index (Phi) is 7.29. The number of nitrogens with one attached hydrogen (secondary N) is 1. The van der Waals surface area contributed by atoms with Crippen molar-refractivity contribution in [3.63, 3.8) is 0 Å². The third-order valence-corrected chi connectivity index (χ3v) is 3.72. The SMILES string of the molecule is CCOc1ccc(NC(=O)COC(=O)COc2ccc(Cl)c(C)c2)cc1. The highest BCUT2D eigenvalue weighted by Gasteiger charge is 2.09. The molecule has 0 unspecified atom stereocenters. The summed E-state index contributed by atoms with van der Waals surface area (Å²) >= 11 is 5.92. The molecule has 138 valence electrons. The zero-order chi connectivity index (χ0) is 18.9. The van der Waals surface area contributed by atoms with Crippen LogP contribution in [0, 0.1) is 6.92 Å². The number of anilines is 1. The molecule has 2 rings (SSSR count). The van der Waals surface area contributed by atoms with Gasteiger partial charge in [0.05, 0.1) is 6.61 Å². The molecular weight excluding hydrogens is 358 g/mol. The van der Waals surface area contributed by atoms with Crippen LogP contribution in [-0.2, 0) is 14.3 Å². The van der Waals surface area contributed by atoms with Gasteiger partial charge in [-0.25, -0.2) is 4.79 Å². The molecule has 0 radical (unpaired) electrons. The lowest BCUT2D eigenvalue weighted by Gasteiger charge is -2.09. The van der Waals surface area contributed by atoms with Gasteiger partial charge in [-0.1, -0.05) is 11.6 Å². The maximum atomic E-state index is 11.8. The van der Waals surface area contributed by atoms with Gasteiger partial charge < -0.3 is 19.5 Å². The molecule has 0 atom stereocenters. The van der Waals surface area contributed by atoms with E-state index in [-0.39, 0.29) is 6.61 Å². The van der Waals surface area contributed by atoms with E-state index in [1.165, 1.54) is 0 Å². The van der Waals surface area contributed by atoms with Crippen LogP contribution in [-0.4, -0.2) is 31.7 Å². The van der Waals surface area contributed by atoms with Gasteiger partial charge in [0.25, 0.3) is 5.91 Å². The maximum absolute atomic E-state index is 11.8. The Morgan fingerprint density at radius 1 is 1.00 bits per heavy atom. The average molecular weight is 378 g/mol. The van der Waals surface area contributed by atoms with Crippen LogP contribution in [0.15, 0.2) is 42.5 Å². The molecule has 0 aliphatic rings. The molecule has 2 aromatic carbocycles. The van der Waals surface area contributed by atoms with E-state index >= 15 is 0 Å². The summed E-state index contributed by atoms with van der Waals surface area (Å²) in [4.78, 5) is 23.5. The zero-order valence-electron chi connectivity index (χ0n) is 14.6. The van der Waals surface area contributed by atoms with E-state index in [1.807, 2.05) is 13.8 Å². The summed E-state index contributed by atoms with van der Waals surface area (Å²) in [6.45, 7) is 3.60. The van der Waals surface area contributed by atoms with Gasteiger partial charge in [-0.15, -0.1) is 0 Å². The second kappa shape index (κ2) is 9.68. The lowest BCUT2D eigenvalue weighted by atomic mass is 10.2. The Bertz CT molecular complexity index is 761. The van der Waals surface area contributed by atoms with Crippen LogP contribution in [0.25, 0.3) is 0 Å². The molecule has 1 amide bonds. The number of ether oxygens (including phenoxy) is 3. The average Bonchev–Trinajstić information content (AvgIpc) is 2.63. The van der Waals surface area contributed by atoms with Gasteiger partial charge in [-0.3, -0.25) is 4.79 Å². The van der Waals surface area contributed by atoms with Crippen LogP contribution in [0.1, 0.15) is 12.5 Å². The van der Waals surface area contributed by atoms with E-state index in [9.17, 15) is 9.59 Å². The highest BCUT2D eigenvalue weighted by atomic mass is 35.5. The van der Waals surface area contributed by atoms with Crippen molar-refractivity contribution in [3.05, 3.63) is 53.1 Å². The van der Waals surface area contributed by atoms with Crippen molar-refractivity contribution in [2.75, 3.05) is 25.1 Å². The van der Waals surface area contributed by atoms with Gasteiger partial charge in [0.15, 0.2) is 13.2 Å². The number of amides is 1. The second-order valence-electron chi connectivity index (χ2n) is 5.37. The van der Waals surface area contributed by atoms with Crippen molar-refractivity contribution < 1.29 is 23.8 Å². The van der Waals surface area contributed by atoms with Crippen molar-refractivity contribution in [2.45, 2.75) is 13.8 Å². The maximum Gasteiger partial charge on any atom is 0.344 e. The van der Waals surface area contributed by atoms with Gasteiger partial charge >= 0.3 is 5.97 Å². The molecule has 0 fully saturated rings. The standard InChI is InChI=1S/C19H20ClNO5/c1-3-24-15-6-4-14(5-7-15)21-18(22)11-26-19(23)12-25-16-8-9-17(20)13(2)10-16/h4-10H,3,11-12H2,1-2H3,(H,21,22). The van der Waals surface area contributed by atoms with Crippen molar-refractivity contribution >= 4 is 29.2 Å². The highest BCUT2D eigenvalue weighted by molar-refractivity contribution is 6.31. The van der Waals surface area contributed by atoms with Gasteiger partial charge in [0, 0.05) is 10.7 Å². The van der Waals surface area contributed by atoms with E-state index < -0.39 is 18.5 Å². The molecule has 0 saturated heterocycles. The molecule has 2 aromatic rings. The topological polar surface area (TPSA) is 73.9 Å². The minimum atomic E-state index is -0.639. The molecular formula is C19H20ClNO5. The summed E-state index contributed by atoms with van der Waals surface area (Å²) in [5, 5.41) is 3.24. The fourth-order valence-electron chi connectivity index (χ4n) is 2.04. The van der Waals surface area contributed by atoms with E-state index in [2.05, 4.69) is 5.32 Å². The molecule has 0 heterocycles. The number of rotatable bonds is 8. The third kappa shape index (κ3) is 6.29. The summed E-state index contributed by atoms with van der Waals surface area (Å²) in [7, 11) is 0. The fraction of sp³-hybridized carbons (Fsp3) is 0.263. The number of esters is 1. The number of carbonyl (C=O) groups excluding carboxylic acids is 2. The monoisotopic (exact) mass is 377 g/mol. The molecule has 7 heteroatoms. The minimum absolute atomic E-state index is 0.294. The number of benzene rings is 2. The molecule has 0 spiro atoms. The smallest absolute Gasteiger partial charge is 0.344 e. The van der Waals surface area contributed by atoms with Gasteiger partial charge in [-0.2, -0.15) is 0 Å². The first kappa shape index (κ1) is 19.6. The van der Waals surface area contributed by atoms with Crippen molar-refractivity contribution in [3.8, 4) is 11.5 Å². The second-order valence-corrected chi connectivity index (χ2v) is 5.77. The Morgan fingerprint density at radius 2 is 1.69 bits per heavy atom. The lowest BCUT2D eigenvalue weighted by Crippen LogP contribution is -2.23. The Labute approximate surface area is 157 Å². The summed E-state index contributed by atoms with van der Waals surface area (Å²) < 4.78 is 15.5. The van der Waals surface area contributed by atoms with E-state index in [0.717, 1.165) is 5.56 Å². The van der Waals surface area contributed by atoms with E-state index in [1.54, 1.807) is 42.5 Å². The summed E-state index contributed by atoms with van der Waals surface area (Å²) in [5.41, 5.74) is 1.43. The Balaban J connectivity index is 1.72. The Morgan fingerprint density at radius 3 is 2.35 bits per heavy atom. The molecule has 0 bridgehead atoms. The number of aryl methyl sites for hydroxylation is 1. The lowest BCUT2D eigenvalue weighted by molar-refractivity contribution is -0.149. The summed E-state index contributed by atoms with van der Waals surface area (Å²) in [6, 6.07) is 11.9. The van der Waals surface area contributed by atoms with Crippen LogP contribution in [0.5, 0.6) is 11.5 Å². The highest BCUT2D eigenvalue weighted by Crippen LogP contribution is 2.21. The molecule has 0 saturated carbocycles. The van der Waals surface area contributed by atoms with Crippen molar-refractivity contribution in [1.29, 1.82) is 0 Å². The number of hydrogen-bond acceptors (Lipinski definition) is 5. The summed E-state index contributed by atoms with van der Waals surface area (Å²) in [6.07, 6.45) is 0. The van der Waals surface area contributed by atoms with Crippen LogP contribution >= 0.6 is 11.6 Å². The predicted octanol–water partition coefficient (Wildman–Crippen LogP) is 3.61. The summed E-state index contributed by atoms with van der Waals surface area (Å²) in [5.74, 6) is 0.137. The number of hydrogen-bond donors (Lipinski definition) is 1. The van der Waals surface area contributed by atoms with Crippen LogP contribution < -0.4 is 14.8 Å². The van der Waals surface area contributed by atoms with Gasteiger partial charge in [-0.05, 0) is 61.9 Å². The molecule has 26 heavy (non-hydrogen) atoms. The van der Waals surface area contributed by atoms with Crippen LogP contribution in [0.4, 0.5) is 5.69 Å². The van der Waals surface area contributed by atoms with Crippen LogP contribution in [0.3, 0.4) is 0 Å². The Hall–Kier alpha value is -2.73. The quantitative estimate of drug-likeness (QED) is 0.711. The third-order valence-electron chi connectivity index (χ3n) is 3.30. The van der Waals surface area contributed by atoms with Crippen molar-refractivity contribution in [1.82, 2.24) is 0 Å². The van der Waals surface area contributed by atoms with Crippen LogP contribution in [0.2, 0.25) is 5.02 Å². The fourth-order valence-corrected chi connectivity index (χ4v) is 2.15. The molecule has 1 N–H and O–H groups in total. The van der Waals surface area contributed by atoms with Gasteiger partial charge in [0.1, 0.15) is 11.5 Å².